The molecule has 0 aliphatic carbocycles. The Morgan fingerprint density at radius 1 is 1.12 bits per heavy atom. The number of aliphatic hydroxyl groups excluding tert-OH is 1. The average Bonchev–Trinajstić information content (AvgIpc) is 3.02. The number of fused-ring (bicyclic) bond motifs is 1. The standard InChI is InChI=1S/C20H22FN3O/c21-17-8-2-1-7-16(17)13-24-19-10-4-3-9-18(19)22-20(24)23-11-5-6-15(12-23)14-25/h1-4,7-10,15,25H,5-6,11-14H2. The van der Waals surface area contributed by atoms with Crippen LogP contribution in [-0.4, -0.2) is 34.4 Å². The summed E-state index contributed by atoms with van der Waals surface area (Å²) in [6.07, 6.45) is 2.08. The van der Waals surface area contributed by atoms with E-state index in [-0.39, 0.29) is 18.3 Å². The molecule has 0 bridgehead atoms. The predicted molar refractivity (Wildman–Crippen MR) is 97.3 cm³/mol. The third-order valence-corrected chi connectivity index (χ3v) is 4.98. The molecule has 5 heteroatoms. The second kappa shape index (κ2) is 6.84. The second-order valence-electron chi connectivity index (χ2n) is 6.71. The molecule has 1 saturated heterocycles. The minimum Gasteiger partial charge on any atom is -0.396 e. The number of aliphatic hydroxyl groups is 1. The van der Waals surface area contributed by atoms with E-state index in [1.807, 2.05) is 36.4 Å². The molecule has 1 aliphatic rings. The number of benzene rings is 2. The quantitative estimate of drug-likeness (QED) is 0.792. The van der Waals surface area contributed by atoms with Crippen molar-refractivity contribution in [1.82, 2.24) is 9.55 Å². The smallest absolute Gasteiger partial charge is 0.206 e. The van der Waals surface area contributed by atoms with Gasteiger partial charge in [-0.2, -0.15) is 0 Å². The van der Waals surface area contributed by atoms with Gasteiger partial charge in [0.2, 0.25) is 5.95 Å². The molecule has 25 heavy (non-hydrogen) atoms. The normalized spacial score (nSPS) is 18.0. The van der Waals surface area contributed by atoms with Crippen molar-refractivity contribution in [1.29, 1.82) is 0 Å². The van der Waals surface area contributed by atoms with E-state index in [9.17, 15) is 9.50 Å². The molecule has 1 unspecified atom stereocenters. The van der Waals surface area contributed by atoms with Crippen molar-refractivity contribution in [2.24, 2.45) is 5.92 Å². The number of imidazole rings is 1. The summed E-state index contributed by atoms with van der Waals surface area (Å²) in [6.45, 7) is 2.35. The van der Waals surface area contributed by atoms with E-state index in [1.165, 1.54) is 6.07 Å². The summed E-state index contributed by atoms with van der Waals surface area (Å²) in [7, 11) is 0. The Morgan fingerprint density at radius 2 is 1.92 bits per heavy atom. The molecule has 1 N–H and O–H groups in total. The maximum Gasteiger partial charge on any atom is 0.206 e. The van der Waals surface area contributed by atoms with E-state index in [1.54, 1.807) is 6.07 Å². The maximum atomic E-state index is 14.2. The maximum absolute atomic E-state index is 14.2. The predicted octanol–water partition coefficient (Wildman–Crippen LogP) is 3.43. The minimum atomic E-state index is -0.196. The molecule has 1 fully saturated rings. The molecule has 130 valence electrons. The van der Waals surface area contributed by atoms with Crippen molar-refractivity contribution in [3.8, 4) is 0 Å². The van der Waals surface area contributed by atoms with E-state index in [2.05, 4.69) is 9.47 Å². The van der Waals surface area contributed by atoms with Crippen LogP contribution in [0.1, 0.15) is 18.4 Å². The van der Waals surface area contributed by atoms with E-state index in [4.69, 9.17) is 4.98 Å². The molecule has 1 aromatic heterocycles. The van der Waals surface area contributed by atoms with Crippen molar-refractivity contribution in [3.05, 3.63) is 59.9 Å². The third-order valence-electron chi connectivity index (χ3n) is 4.98. The van der Waals surface area contributed by atoms with Crippen LogP contribution in [0.15, 0.2) is 48.5 Å². The van der Waals surface area contributed by atoms with Crippen LogP contribution in [0.3, 0.4) is 0 Å². The Labute approximate surface area is 146 Å². The first-order chi connectivity index (χ1) is 12.3. The minimum absolute atomic E-state index is 0.196. The lowest BCUT2D eigenvalue weighted by Gasteiger charge is -2.33. The monoisotopic (exact) mass is 339 g/mol. The fraction of sp³-hybridized carbons (Fsp3) is 0.350. The van der Waals surface area contributed by atoms with Gasteiger partial charge in [-0.25, -0.2) is 9.37 Å². The molecule has 1 aliphatic heterocycles. The second-order valence-corrected chi connectivity index (χ2v) is 6.71. The first-order valence-corrected chi connectivity index (χ1v) is 8.80. The summed E-state index contributed by atoms with van der Waals surface area (Å²) in [5, 5.41) is 9.53. The lowest BCUT2D eigenvalue weighted by Crippen LogP contribution is -2.38. The molecule has 0 radical (unpaired) electrons. The van der Waals surface area contributed by atoms with Gasteiger partial charge in [0.25, 0.3) is 0 Å². The summed E-state index contributed by atoms with van der Waals surface area (Å²) in [5.41, 5.74) is 2.58. The highest BCUT2D eigenvalue weighted by atomic mass is 19.1. The van der Waals surface area contributed by atoms with Gasteiger partial charge >= 0.3 is 0 Å². The molecule has 3 aromatic rings. The summed E-state index contributed by atoms with van der Waals surface area (Å²) in [6, 6.07) is 14.9. The Morgan fingerprint density at radius 3 is 2.76 bits per heavy atom. The number of halogens is 1. The zero-order chi connectivity index (χ0) is 17.2. The van der Waals surface area contributed by atoms with Gasteiger partial charge in [-0.1, -0.05) is 30.3 Å². The molecule has 2 heterocycles. The molecule has 4 nitrogen and oxygen atoms in total. The number of para-hydroxylation sites is 2. The number of nitrogens with zero attached hydrogens (tertiary/aromatic N) is 3. The lowest BCUT2D eigenvalue weighted by atomic mass is 9.99. The van der Waals surface area contributed by atoms with E-state index in [0.29, 0.717) is 12.1 Å². The molecule has 0 spiro atoms. The summed E-state index contributed by atoms with van der Waals surface area (Å²) in [4.78, 5) is 7.04. The Bertz CT molecular complexity index is 876. The van der Waals surface area contributed by atoms with Crippen LogP contribution in [0.4, 0.5) is 10.3 Å². The summed E-state index contributed by atoms with van der Waals surface area (Å²) in [5.74, 6) is 0.941. The lowest BCUT2D eigenvalue weighted by molar-refractivity contribution is 0.208. The zero-order valence-corrected chi connectivity index (χ0v) is 14.1. The largest absolute Gasteiger partial charge is 0.396 e. The SMILES string of the molecule is OCC1CCCN(c2nc3ccccc3n2Cc2ccccc2F)C1. The van der Waals surface area contributed by atoms with Crippen LogP contribution in [0.5, 0.6) is 0 Å². The average molecular weight is 339 g/mol. The topological polar surface area (TPSA) is 41.3 Å². The number of anilines is 1. The Balaban J connectivity index is 1.77. The number of aromatic nitrogens is 2. The number of rotatable bonds is 4. The fourth-order valence-electron chi connectivity index (χ4n) is 3.65. The van der Waals surface area contributed by atoms with Crippen molar-refractivity contribution in [2.75, 3.05) is 24.6 Å². The van der Waals surface area contributed by atoms with Gasteiger partial charge in [0.1, 0.15) is 5.82 Å². The van der Waals surface area contributed by atoms with Gasteiger partial charge in [-0.15, -0.1) is 0 Å². The van der Waals surface area contributed by atoms with Gasteiger partial charge in [0.05, 0.1) is 17.6 Å². The summed E-state index contributed by atoms with van der Waals surface area (Å²) < 4.78 is 16.3. The zero-order valence-electron chi connectivity index (χ0n) is 14.1. The summed E-state index contributed by atoms with van der Waals surface area (Å²) >= 11 is 0. The Hall–Kier alpha value is -2.40. The van der Waals surface area contributed by atoms with Crippen molar-refractivity contribution in [3.63, 3.8) is 0 Å². The van der Waals surface area contributed by atoms with Crippen LogP contribution in [0.2, 0.25) is 0 Å². The third kappa shape index (κ3) is 3.12. The van der Waals surface area contributed by atoms with Gasteiger partial charge in [0, 0.05) is 25.3 Å². The van der Waals surface area contributed by atoms with Crippen LogP contribution >= 0.6 is 0 Å². The number of piperidine rings is 1. The van der Waals surface area contributed by atoms with Crippen LogP contribution in [0, 0.1) is 11.7 Å². The van der Waals surface area contributed by atoms with Crippen molar-refractivity contribution in [2.45, 2.75) is 19.4 Å². The van der Waals surface area contributed by atoms with E-state index in [0.717, 1.165) is 42.9 Å². The van der Waals surface area contributed by atoms with E-state index < -0.39 is 0 Å². The first kappa shape index (κ1) is 16.1. The van der Waals surface area contributed by atoms with Gasteiger partial charge in [0.15, 0.2) is 0 Å². The number of hydrogen-bond donors (Lipinski definition) is 1. The molecule has 1 atom stereocenters. The van der Waals surface area contributed by atoms with Crippen molar-refractivity contribution >= 4 is 17.0 Å². The van der Waals surface area contributed by atoms with Crippen molar-refractivity contribution < 1.29 is 9.50 Å². The molecular formula is C20H22FN3O. The van der Waals surface area contributed by atoms with Gasteiger partial charge < -0.3 is 14.6 Å². The molecule has 0 amide bonds. The van der Waals surface area contributed by atoms with Crippen LogP contribution in [-0.2, 0) is 6.54 Å². The van der Waals surface area contributed by atoms with Gasteiger partial charge in [-0.05, 0) is 37.0 Å². The van der Waals surface area contributed by atoms with Crippen LogP contribution in [0.25, 0.3) is 11.0 Å². The highest BCUT2D eigenvalue weighted by Gasteiger charge is 2.24. The van der Waals surface area contributed by atoms with Gasteiger partial charge in [-0.3, -0.25) is 0 Å². The highest BCUT2D eigenvalue weighted by Crippen LogP contribution is 2.28. The molecule has 4 rings (SSSR count). The highest BCUT2D eigenvalue weighted by molar-refractivity contribution is 5.79. The van der Waals surface area contributed by atoms with Crippen LogP contribution < -0.4 is 4.90 Å². The fourth-order valence-corrected chi connectivity index (χ4v) is 3.65. The van der Waals surface area contributed by atoms with E-state index >= 15 is 0 Å². The first-order valence-electron chi connectivity index (χ1n) is 8.80. The molecule has 2 aromatic carbocycles. The molecular weight excluding hydrogens is 317 g/mol. The Kier molecular flexibility index (Phi) is 4.40. The molecule has 0 saturated carbocycles. The number of hydrogen-bond acceptors (Lipinski definition) is 3.